The van der Waals surface area contributed by atoms with Crippen LogP contribution in [0.2, 0.25) is 0 Å². The van der Waals surface area contributed by atoms with E-state index < -0.39 is 0 Å². The molecule has 39 heavy (non-hydrogen) atoms. The summed E-state index contributed by atoms with van der Waals surface area (Å²) in [6, 6.07) is 14.4. The number of aromatic nitrogens is 4. The maximum atomic E-state index is 6.33. The minimum absolute atomic E-state index is 0.139. The van der Waals surface area contributed by atoms with E-state index in [1.807, 2.05) is 37.3 Å². The van der Waals surface area contributed by atoms with Crippen LogP contribution in [0.4, 0.5) is 17.3 Å². The summed E-state index contributed by atoms with van der Waals surface area (Å²) >= 11 is 0. The molecule has 2 aromatic heterocycles. The fraction of sp³-hybridized carbons (Fsp3) is 0.367. The predicted octanol–water partition coefficient (Wildman–Crippen LogP) is 4.92. The molecular formula is C30H32N6O3. The number of fused-ring (bicyclic) bond motifs is 1. The Morgan fingerprint density at radius 2 is 1.90 bits per heavy atom. The third kappa shape index (κ3) is 5.82. The van der Waals surface area contributed by atoms with Crippen LogP contribution in [0.1, 0.15) is 31.7 Å². The van der Waals surface area contributed by atoms with E-state index in [0.29, 0.717) is 11.6 Å². The average Bonchev–Trinajstić information content (AvgIpc) is 3.40. The van der Waals surface area contributed by atoms with Crippen LogP contribution in [0.5, 0.6) is 5.75 Å². The molecule has 4 heterocycles. The van der Waals surface area contributed by atoms with Crippen LogP contribution in [-0.2, 0) is 9.47 Å². The molecule has 0 spiro atoms. The highest BCUT2D eigenvalue weighted by molar-refractivity contribution is 5.89. The van der Waals surface area contributed by atoms with Crippen LogP contribution in [-0.4, -0.2) is 65.6 Å². The van der Waals surface area contributed by atoms with Gasteiger partial charge < -0.3 is 29.4 Å². The zero-order valence-electron chi connectivity index (χ0n) is 22.1. The molecule has 6 rings (SSSR count). The van der Waals surface area contributed by atoms with Crippen molar-refractivity contribution in [2.45, 2.75) is 32.3 Å². The molecule has 200 valence electrons. The minimum atomic E-state index is 0.139. The van der Waals surface area contributed by atoms with Crippen LogP contribution in [0.25, 0.3) is 22.4 Å². The molecule has 2 aliphatic heterocycles. The van der Waals surface area contributed by atoms with E-state index in [4.69, 9.17) is 14.2 Å². The molecule has 9 heteroatoms. The second kappa shape index (κ2) is 11.7. The Morgan fingerprint density at radius 3 is 2.74 bits per heavy atom. The van der Waals surface area contributed by atoms with Gasteiger partial charge in [-0.05, 0) is 36.4 Å². The van der Waals surface area contributed by atoms with Crippen LogP contribution < -0.4 is 15.0 Å². The van der Waals surface area contributed by atoms with Gasteiger partial charge in [0.25, 0.3) is 0 Å². The molecule has 0 atom stereocenters. The first-order valence-electron chi connectivity index (χ1n) is 13.5. The van der Waals surface area contributed by atoms with Gasteiger partial charge in [-0.2, -0.15) is 4.98 Å². The lowest BCUT2D eigenvalue weighted by Gasteiger charge is -2.29. The number of hydrogen-bond donors (Lipinski definition) is 2. The summed E-state index contributed by atoms with van der Waals surface area (Å²) in [6.07, 6.45) is 4.22. The van der Waals surface area contributed by atoms with Gasteiger partial charge in [0.2, 0.25) is 5.95 Å². The molecule has 0 amide bonds. The topological polar surface area (TPSA) is 97.4 Å². The molecule has 0 saturated carbocycles. The summed E-state index contributed by atoms with van der Waals surface area (Å²) in [6.45, 7) is 6.76. The Kier molecular flexibility index (Phi) is 7.56. The number of aromatic amines is 1. The highest BCUT2D eigenvalue weighted by atomic mass is 16.5. The first kappa shape index (κ1) is 25.2. The lowest BCUT2D eigenvalue weighted by Crippen LogP contribution is -2.36. The molecule has 2 saturated heterocycles. The van der Waals surface area contributed by atoms with Crippen molar-refractivity contribution in [1.82, 2.24) is 19.9 Å². The van der Waals surface area contributed by atoms with Gasteiger partial charge in [0.1, 0.15) is 23.7 Å². The number of morpholine rings is 1. The Balaban J connectivity index is 1.28. The number of nitrogens with one attached hydrogen (secondary N) is 2. The van der Waals surface area contributed by atoms with E-state index in [0.717, 1.165) is 98.2 Å². The number of H-pyrrole nitrogens is 1. The first-order valence-corrected chi connectivity index (χ1v) is 13.5. The fourth-order valence-corrected chi connectivity index (χ4v) is 4.88. The maximum Gasteiger partial charge on any atom is 0.207 e. The summed E-state index contributed by atoms with van der Waals surface area (Å²) in [5, 5.41) is 3.40. The molecule has 0 aliphatic carbocycles. The first-order chi connectivity index (χ1) is 19.3. The molecule has 2 aromatic carbocycles. The summed E-state index contributed by atoms with van der Waals surface area (Å²) in [5.41, 5.74) is 5.99. The van der Waals surface area contributed by atoms with Crippen molar-refractivity contribution in [1.29, 1.82) is 0 Å². The van der Waals surface area contributed by atoms with E-state index in [1.54, 1.807) is 6.33 Å². The second-order valence-corrected chi connectivity index (χ2v) is 9.58. The Bertz CT molecular complexity index is 1500. The van der Waals surface area contributed by atoms with Gasteiger partial charge >= 0.3 is 0 Å². The van der Waals surface area contributed by atoms with E-state index in [-0.39, 0.29) is 6.10 Å². The summed E-state index contributed by atoms with van der Waals surface area (Å²) < 4.78 is 17.3. The number of nitrogens with zero attached hydrogens (tertiary/aromatic N) is 4. The van der Waals surface area contributed by atoms with Crippen LogP contribution in [0.3, 0.4) is 0 Å². The number of anilines is 3. The lowest BCUT2D eigenvalue weighted by molar-refractivity contribution is 0.0254. The number of benzene rings is 2. The summed E-state index contributed by atoms with van der Waals surface area (Å²) in [7, 11) is 0. The van der Waals surface area contributed by atoms with Crippen molar-refractivity contribution in [2.24, 2.45) is 0 Å². The molecule has 2 aliphatic rings. The zero-order chi connectivity index (χ0) is 26.4. The second-order valence-electron chi connectivity index (χ2n) is 9.58. The van der Waals surface area contributed by atoms with E-state index >= 15 is 0 Å². The van der Waals surface area contributed by atoms with Crippen molar-refractivity contribution >= 4 is 28.5 Å². The fourth-order valence-electron chi connectivity index (χ4n) is 4.88. The quantitative estimate of drug-likeness (QED) is 0.343. The highest BCUT2D eigenvalue weighted by Gasteiger charge is 2.19. The van der Waals surface area contributed by atoms with Crippen LogP contribution >= 0.6 is 0 Å². The van der Waals surface area contributed by atoms with E-state index in [1.165, 1.54) is 0 Å². The molecule has 2 N–H and O–H groups in total. The van der Waals surface area contributed by atoms with Gasteiger partial charge in [0, 0.05) is 49.3 Å². The van der Waals surface area contributed by atoms with Gasteiger partial charge in [-0.1, -0.05) is 24.8 Å². The molecule has 2 fully saturated rings. The average molecular weight is 525 g/mol. The van der Waals surface area contributed by atoms with Gasteiger partial charge in [-0.15, -0.1) is 0 Å². The van der Waals surface area contributed by atoms with Gasteiger partial charge in [-0.3, -0.25) is 0 Å². The van der Waals surface area contributed by atoms with Crippen molar-refractivity contribution in [3.63, 3.8) is 0 Å². The van der Waals surface area contributed by atoms with Crippen molar-refractivity contribution in [3.05, 3.63) is 54.4 Å². The van der Waals surface area contributed by atoms with Gasteiger partial charge in [0.05, 0.1) is 37.7 Å². The van der Waals surface area contributed by atoms with Gasteiger partial charge in [0.15, 0.2) is 5.65 Å². The zero-order valence-corrected chi connectivity index (χ0v) is 22.1. The third-order valence-electron chi connectivity index (χ3n) is 6.89. The van der Waals surface area contributed by atoms with Gasteiger partial charge in [-0.25, -0.2) is 9.97 Å². The Hall–Kier alpha value is -4.13. The number of rotatable bonds is 6. The standard InChI is InChI=1S/C30H32N6O3/c1-2-3-5-21-18-22(8-9-26(21)39-25-10-14-37-15-11-25)27-28-29(32-20-31-27)35-30(34-28)33-23-6-4-7-24(19-23)36-12-16-38-17-13-36/h4,6-9,18-20,25H,2,10-17H2,1H3,(H2,31,32,33,34,35). The monoisotopic (exact) mass is 524 g/mol. The SMILES string of the molecule is CCC#Cc1cc(-c2ncnc3nc(Nc4cccc(N5CCOCC5)c4)[nH]c23)ccc1OC1CCOCC1. The van der Waals surface area contributed by atoms with E-state index in [9.17, 15) is 0 Å². The minimum Gasteiger partial charge on any atom is -0.489 e. The smallest absolute Gasteiger partial charge is 0.207 e. The molecule has 0 unspecified atom stereocenters. The summed E-state index contributed by atoms with van der Waals surface area (Å²) in [4.78, 5) is 19.4. The molecule has 0 radical (unpaired) electrons. The normalized spacial score (nSPS) is 16.1. The lowest BCUT2D eigenvalue weighted by atomic mass is 10.1. The number of hydrogen-bond acceptors (Lipinski definition) is 8. The Morgan fingerprint density at radius 1 is 1.05 bits per heavy atom. The number of ether oxygens (including phenoxy) is 3. The Labute approximate surface area is 227 Å². The predicted molar refractivity (Wildman–Crippen MR) is 152 cm³/mol. The van der Waals surface area contributed by atoms with E-state index in [2.05, 4.69) is 54.1 Å². The molecule has 9 nitrogen and oxygen atoms in total. The van der Waals surface area contributed by atoms with Crippen molar-refractivity contribution in [3.8, 4) is 28.8 Å². The molecule has 4 aromatic rings. The van der Waals surface area contributed by atoms with Crippen molar-refractivity contribution in [2.75, 3.05) is 49.7 Å². The largest absolute Gasteiger partial charge is 0.489 e. The molecular weight excluding hydrogens is 492 g/mol. The number of imidazole rings is 1. The van der Waals surface area contributed by atoms with Crippen LogP contribution in [0.15, 0.2) is 48.8 Å². The summed E-state index contributed by atoms with van der Waals surface area (Å²) in [5.74, 6) is 7.87. The molecule has 0 bridgehead atoms. The maximum absolute atomic E-state index is 6.33. The third-order valence-corrected chi connectivity index (χ3v) is 6.89. The van der Waals surface area contributed by atoms with Crippen LogP contribution in [0, 0.1) is 11.8 Å². The van der Waals surface area contributed by atoms with Crippen molar-refractivity contribution < 1.29 is 14.2 Å². The highest BCUT2D eigenvalue weighted by Crippen LogP contribution is 2.31.